The fraction of sp³-hybridized carbons (Fsp3) is 0. The summed E-state index contributed by atoms with van der Waals surface area (Å²) in [5, 5.41) is 11.1. The van der Waals surface area contributed by atoms with Crippen molar-refractivity contribution in [3.8, 4) is 6.07 Å². The molecule has 0 heterocycles. The summed E-state index contributed by atoms with van der Waals surface area (Å²) in [6, 6.07) is 8.95. The number of nitrogens with two attached hydrogens (primary N) is 1. The molecule has 4 nitrogen and oxygen atoms in total. The number of anilines is 2. The lowest BCUT2D eigenvalue weighted by atomic mass is 10.1. The van der Waals surface area contributed by atoms with Crippen LogP contribution in [0.2, 0.25) is 0 Å². The maximum atomic E-state index is 13.5. The highest BCUT2D eigenvalue weighted by molar-refractivity contribution is 6.05. The lowest BCUT2D eigenvalue weighted by molar-refractivity contribution is 0.102. The van der Waals surface area contributed by atoms with Gasteiger partial charge >= 0.3 is 0 Å². The summed E-state index contributed by atoms with van der Waals surface area (Å²) in [5.41, 5.74) is 5.08. The van der Waals surface area contributed by atoms with Gasteiger partial charge in [0.1, 0.15) is 23.3 Å². The topological polar surface area (TPSA) is 78.9 Å². The van der Waals surface area contributed by atoms with E-state index >= 15 is 0 Å². The molecule has 0 aliphatic rings. The Morgan fingerprint density at radius 3 is 2.65 bits per heavy atom. The molecule has 100 valence electrons. The smallest absolute Gasteiger partial charge is 0.258 e. The van der Waals surface area contributed by atoms with Crippen LogP contribution in [-0.4, -0.2) is 5.91 Å². The summed E-state index contributed by atoms with van der Waals surface area (Å²) in [6.45, 7) is 0. The lowest BCUT2D eigenvalue weighted by Gasteiger charge is -2.08. The second kappa shape index (κ2) is 5.36. The number of rotatable bonds is 2. The fourth-order valence-corrected chi connectivity index (χ4v) is 1.65. The van der Waals surface area contributed by atoms with Crippen molar-refractivity contribution in [3.05, 3.63) is 59.2 Å². The van der Waals surface area contributed by atoms with Crippen molar-refractivity contribution in [3.63, 3.8) is 0 Å². The van der Waals surface area contributed by atoms with E-state index in [1.165, 1.54) is 18.2 Å². The normalized spacial score (nSPS) is 9.85. The van der Waals surface area contributed by atoms with Gasteiger partial charge < -0.3 is 11.1 Å². The standard InChI is InChI=1S/C14H9F2N3O/c15-11-2-1-3-13(10(11)7-17)19-14(20)9-6-8(18)4-5-12(9)16/h1-6H,18H2,(H,19,20). The van der Waals surface area contributed by atoms with Crippen LogP contribution in [0, 0.1) is 23.0 Å². The largest absolute Gasteiger partial charge is 0.399 e. The minimum absolute atomic E-state index is 0.0284. The molecule has 0 aliphatic heterocycles. The number of halogens is 2. The number of hydrogen-bond acceptors (Lipinski definition) is 3. The molecule has 1 amide bonds. The zero-order valence-electron chi connectivity index (χ0n) is 10.2. The van der Waals surface area contributed by atoms with Crippen LogP contribution < -0.4 is 11.1 Å². The maximum absolute atomic E-state index is 13.5. The predicted octanol–water partition coefficient (Wildman–Crippen LogP) is 2.67. The third-order valence-corrected chi connectivity index (χ3v) is 2.61. The molecule has 2 rings (SSSR count). The average Bonchev–Trinajstić information content (AvgIpc) is 2.41. The molecule has 3 N–H and O–H groups in total. The number of carbonyl (C=O) groups is 1. The zero-order chi connectivity index (χ0) is 14.7. The van der Waals surface area contributed by atoms with E-state index in [0.29, 0.717) is 0 Å². The van der Waals surface area contributed by atoms with Crippen molar-refractivity contribution >= 4 is 17.3 Å². The Kier molecular flexibility index (Phi) is 3.62. The Morgan fingerprint density at radius 2 is 1.95 bits per heavy atom. The number of nitriles is 1. The molecule has 0 aliphatic carbocycles. The summed E-state index contributed by atoms with van der Waals surface area (Å²) in [7, 11) is 0. The first kappa shape index (κ1) is 13.5. The van der Waals surface area contributed by atoms with Gasteiger partial charge in [0.2, 0.25) is 0 Å². The van der Waals surface area contributed by atoms with E-state index < -0.39 is 17.5 Å². The molecule has 0 spiro atoms. The molecular weight excluding hydrogens is 264 g/mol. The van der Waals surface area contributed by atoms with Gasteiger partial charge in [0.05, 0.1) is 11.3 Å². The molecule has 20 heavy (non-hydrogen) atoms. The van der Waals surface area contributed by atoms with Gasteiger partial charge in [0.25, 0.3) is 5.91 Å². The van der Waals surface area contributed by atoms with Crippen molar-refractivity contribution in [2.45, 2.75) is 0 Å². The van der Waals surface area contributed by atoms with Crippen molar-refractivity contribution in [1.29, 1.82) is 5.26 Å². The van der Waals surface area contributed by atoms with Crippen LogP contribution in [-0.2, 0) is 0 Å². The summed E-state index contributed by atoms with van der Waals surface area (Å²) < 4.78 is 26.9. The molecule has 0 saturated heterocycles. The third-order valence-electron chi connectivity index (χ3n) is 2.61. The van der Waals surface area contributed by atoms with Crippen LogP contribution >= 0.6 is 0 Å². The Morgan fingerprint density at radius 1 is 1.20 bits per heavy atom. The zero-order valence-corrected chi connectivity index (χ0v) is 10.2. The first-order chi connectivity index (χ1) is 9.52. The van der Waals surface area contributed by atoms with Crippen LogP contribution in [0.15, 0.2) is 36.4 Å². The van der Waals surface area contributed by atoms with Crippen molar-refractivity contribution in [2.24, 2.45) is 0 Å². The molecule has 6 heteroatoms. The maximum Gasteiger partial charge on any atom is 0.258 e. The van der Waals surface area contributed by atoms with E-state index in [1.807, 2.05) is 0 Å². The summed E-state index contributed by atoms with van der Waals surface area (Å²) >= 11 is 0. The van der Waals surface area contributed by atoms with Gasteiger partial charge in [-0.25, -0.2) is 8.78 Å². The van der Waals surface area contributed by atoms with E-state index in [9.17, 15) is 13.6 Å². The molecule has 0 radical (unpaired) electrons. The monoisotopic (exact) mass is 273 g/mol. The van der Waals surface area contributed by atoms with E-state index in [2.05, 4.69) is 5.32 Å². The fourth-order valence-electron chi connectivity index (χ4n) is 1.65. The van der Waals surface area contributed by atoms with Crippen molar-refractivity contribution in [2.75, 3.05) is 11.1 Å². The van der Waals surface area contributed by atoms with Gasteiger partial charge in [-0.2, -0.15) is 5.26 Å². The van der Waals surface area contributed by atoms with Gasteiger partial charge in [-0.05, 0) is 30.3 Å². The highest BCUT2D eigenvalue weighted by Gasteiger charge is 2.15. The van der Waals surface area contributed by atoms with Gasteiger partial charge in [0, 0.05) is 5.69 Å². The highest BCUT2D eigenvalue weighted by Crippen LogP contribution is 2.20. The summed E-state index contributed by atoms with van der Waals surface area (Å²) in [4.78, 5) is 11.9. The van der Waals surface area contributed by atoms with E-state index in [0.717, 1.165) is 18.2 Å². The number of carbonyl (C=O) groups excluding carboxylic acids is 1. The molecular formula is C14H9F2N3O. The Hall–Kier alpha value is -2.94. The van der Waals surface area contributed by atoms with Crippen molar-refractivity contribution < 1.29 is 13.6 Å². The first-order valence-electron chi connectivity index (χ1n) is 5.58. The summed E-state index contributed by atoms with van der Waals surface area (Å²) in [5.74, 6) is -2.33. The van der Waals surface area contributed by atoms with Crippen LogP contribution in [0.3, 0.4) is 0 Å². The van der Waals surface area contributed by atoms with Gasteiger partial charge in [0.15, 0.2) is 0 Å². The second-order valence-electron chi connectivity index (χ2n) is 3.97. The molecule has 0 unspecified atom stereocenters. The van der Waals surface area contributed by atoms with Gasteiger partial charge in [-0.1, -0.05) is 6.07 Å². The van der Waals surface area contributed by atoms with Gasteiger partial charge in [-0.15, -0.1) is 0 Å². The van der Waals surface area contributed by atoms with E-state index in [-0.39, 0.29) is 22.5 Å². The molecule has 0 fully saturated rings. The number of amides is 1. The first-order valence-corrected chi connectivity index (χ1v) is 5.58. The third kappa shape index (κ3) is 2.57. The lowest BCUT2D eigenvalue weighted by Crippen LogP contribution is -2.15. The predicted molar refractivity (Wildman–Crippen MR) is 69.9 cm³/mol. The Labute approximate surface area is 113 Å². The quantitative estimate of drug-likeness (QED) is 0.825. The van der Waals surface area contributed by atoms with Crippen LogP contribution in [0.5, 0.6) is 0 Å². The number of nitrogen functional groups attached to an aromatic ring is 1. The molecule has 0 bridgehead atoms. The van der Waals surface area contributed by atoms with E-state index in [1.54, 1.807) is 6.07 Å². The van der Waals surface area contributed by atoms with Crippen molar-refractivity contribution in [1.82, 2.24) is 0 Å². The molecule has 0 atom stereocenters. The second-order valence-corrected chi connectivity index (χ2v) is 3.97. The minimum Gasteiger partial charge on any atom is -0.399 e. The Balaban J connectivity index is 2.36. The SMILES string of the molecule is N#Cc1c(F)cccc1NC(=O)c1cc(N)ccc1F. The Bertz CT molecular complexity index is 723. The van der Waals surface area contributed by atoms with E-state index in [4.69, 9.17) is 11.0 Å². The highest BCUT2D eigenvalue weighted by atomic mass is 19.1. The van der Waals surface area contributed by atoms with Crippen LogP contribution in [0.1, 0.15) is 15.9 Å². The molecule has 0 aromatic heterocycles. The summed E-state index contributed by atoms with van der Waals surface area (Å²) in [6.07, 6.45) is 0. The number of benzene rings is 2. The molecule has 2 aromatic rings. The minimum atomic E-state index is -0.808. The molecule has 0 saturated carbocycles. The average molecular weight is 273 g/mol. The molecule has 2 aromatic carbocycles. The number of nitrogens with zero attached hydrogens (tertiary/aromatic N) is 1. The number of hydrogen-bond donors (Lipinski definition) is 2. The van der Waals surface area contributed by atoms with Gasteiger partial charge in [-0.3, -0.25) is 4.79 Å². The number of nitrogens with one attached hydrogen (secondary N) is 1. The van der Waals surface area contributed by atoms with Crippen LogP contribution in [0.25, 0.3) is 0 Å². The van der Waals surface area contributed by atoms with Crippen LogP contribution in [0.4, 0.5) is 20.2 Å².